The molecule has 0 spiro atoms. The number of nitrogens with zero attached hydrogens (tertiary/aromatic N) is 4. The van der Waals surface area contributed by atoms with Gasteiger partial charge in [-0.1, -0.05) is 36.4 Å². The normalized spacial score (nSPS) is 23.3. The van der Waals surface area contributed by atoms with Gasteiger partial charge in [0.2, 0.25) is 0 Å². The molecule has 1 aromatic carbocycles. The molecule has 1 saturated heterocycles. The van der Waals surface area contributed by atoms with E-state index in [9.17, 15) is 0 Å². The number of aryl methyl sites for hydroxylation is 1. The van der Waals surface area contributed by atoms with Crippen molar-refractivity contribution in [2.45, 2.75) is 38.4 Å². The second-order valence-electron chi connectivity index (χ2n) is 7.55. The summed E-state index contributed by atoms with van der Waals surface area (Å²) in [6, 6.07) is 19.2. The number of aliphatic imine (C=N–C) groups is 1. The van der Waals surface area contributed by atoms with Gasteiger partial charge >= 0.3 is 0 Å². The van der Waals surface area contributed by atoms with Crippen molar-refractivity contribution in [1.29, 1.82) is 0 Å². The SMILES string of the molecule is CC[C@@H]1CSC2=N[C@H](c3ccccn3)[C@@H](c3ccc(C)n3-c3ccc(Cl)cc3)N21. The summed E-state index contributed by atoms with van der Waals surface area (Å²) in [6.07, 6.45) is 2.97. The summed E-state index contributed by atoms with van der Waals surface area (Å²) in [6.45, 7) is 4.42. The fourth-order valence-electron chi connectivity index (χ4n) is 4.40. The molecule has 2 aliphatic rings. The first kappa shape index (κ1) is 18.8. The van der Waals surface area contributed by atoms with Crippen LogP contribution in [0.1, 0.15) is 42.5 Å². The van der Waals surface area contributed by atoms with Gasteiger partial charge in [-0.25, -0.2) is 0 Å². The topological polar surface area (TPSA) is 33.4 Å². The Balaban J connectivity index is 1.65. The van der Waals surface area contributed by atoms with Crippen LogP contribution < -0.4 is 0 Å². The molecule has 0 aliphatic carbocycles. The van der Waals surface area contributed by atoms with Gasteiger partial charge in [-0.05, 0) is 61.9 Å². The molecule has 0 N–H and O–H groups in total. The molecule has 3 aromatic rings. The largest absolute Gasteiger partial charge is 0.337 e. The average molecular weight is 423 g/mol. The van der Waals surface area contributed by atoms with Crippen molar-refractivity contribution in [2.75, 3.05) is 5.75 Å². The van der Waals surface area contributed by atoms with E-state index < -0.39 is 0 Å². The molecule has 0 bridgehead atoms. The number of thioether (sulfide) groups is 1. The highest BCUT2D eigenvalue weighted by molar-refractivity contribution is 8.14. The van der Waals surface area contributed by atoms with E-state index in [0.29, 0.717) is 6.04 Å². The van der Waals surface area contributed by atoms with Crippen LogP contribution in [0.2, 0.25) is 5.02 Å². The molecule has 1 fully saturated rings. The highest BCUT2D eigenvalue weighted by Crippen LogP contribution is 2.49. The minimum Gasteiger partial charge on any atom is -0.337 e. The highest BCUT2D eigenvalue weighted by atomic mass is 35.5. The lowest BCUT2D eigenvalue weighted by Crippen LogP contribution is -2.36. The summed E-state index contributed by atoms with van der Waals surface area (Å²) < 4.78 is 2.34. The second-order valence-corrected chi connectivity index (χ2v) is 8.97. The van der Waals surface area contributed by atoms with Crippen LogP contribution in [0.25, 0.3) is 5.69 Å². The van der Waals surface area contributed by atoms with Crippen LogP contribution in [-0.2, 0) is 0 Å². The molecule has 2 aliphatic heterocycles. The molecule has 0 amide bonds. The van der Waals surface area contributed by atoms with Crippen molar-refractivity contribution in [3.8, 4) is 5.69 Å². The van der Waals surface area contributed by atoms with Gasteiger partial charge in [-0.3, -0.25) is 9.98 Å². The van der Waals surface area contributed by atoms with E-state index in [2.05, 4.69) is 64.7 Å². The van der Waals surface area contributed by atoms with Crippen LogP contribution in [-0.4, -0.2) is 31.4 Å². The monoisotopic (exact) mass is 422 g/mol. The molecule has 0 unspecified atom stereocenters. The fourth-order valence-corrected chi connectivity index (χ4v) is 5.87. The number of aromatic nitrogens is 2. The van der Waals surface area contributed by atoms with Crippen molar-refractivity contribution in [3.63, 3.8) is 0 Å². The minimum absolute atomic E-state index is 0.00611. The molecular formula is C23H23ClN4S. The standard InChI is InChI=1S/C23H23ClN4S/c1-3-17-14-29-23-26-21(19-6-4-5-13-25-19)22(28(17)23)20-12-7-15(2)27(20)18-10-8-16(24)9-11-18/h4-13,17,21-22H,3,14H2,1-2H3/t17-,21-,22-/m1/s1. The Hall–Kier alpha value is -2.24. The quantitative estimate of drug-likeness (QED) is 0.531. The smallest absolute Gasteiger partial charge is 0.160 e. The van der Waals surface area contributed by atoms with Gasteiger partial charge in [0.25, 0.3) is 0 Å². The lowest BCUT2D eigenvalue weighted by atomic mass is 9.99. The van der Waals surface area contributed by atoms with Crippen LogP contribution in [0.4, 0.5) is 0 Å². The van der Waals surface area contributed by atoms with Gasteiger partial charge in [0.15, 0.2) is 5.17 Å². The average Bonchev–Trinajstić information content (AvgIpc) is 3.42. The zero-order valence-electron chi connectivity index (χ0n) is 16.5. The molecule has 6 heteroatoms. The van der Waals surface area contributed by atoms with E-state index in [-0.39, 0.29) is 12.1 Å². The Labute approximate surface area is 180 Å². The number of fused-ring (bicyclic) bond motifs is 1. The Morgan fingerprint density at radius 1 is 1.10 bits per heavy atom. The number of halogens is 1. The van der Waals surface area contributed by atoms with Crippen molar-refractivity contribution in [1.82, 2.24) is 14.5 Å². The van der Waals surface area contributed by atoms with Gasteiger partial charge < -0.3 is 9.47 Å². The zero-order valence-corrected chi connectivity index (χ0v) is 18.1. The van der Waals surface area contributed by atoms with Gasteiger partial charge in [-0.2, -0.15) is 0 Å². The number of hydrogen-bond donors (Lipinski definition) is 0. The Morgan fingerprint density at radius 2 is 1.93 bits per heavy atom. The Bertz CT molecular complexity index is 1040. The molecule has 29 heavy (non-hydrogen) atoms. The molecule has 4 heterocycles. The van der Waals surface area contributed by atoms with Crippen LogP contribution in [0.5, 0.6) is 0 Å². The van der Waals surface area contributed by atoms with Crippen molar-refractivity contribution in [2.24, 2.45) is 4.99 Å². The van der Waals surface area contributed by atoms with E-state index in [1.54, 1.807) is 0 Å². The van der Waals surface area contributed by atoms with Gasteiger partial charge in [0.1, 0.15) is 12.1 Å². The molecule has 3 atom stereocenters. The van der Waals surface area contributed by atoms with Crippen molar-refractivity contribution >= 4 is 28.5 Å². The van der Waals surface area contributed by atoms with Gasteiger partial charge in [0, 0.05) is 40.1 Å². The number of amidine groups is 1. The molecule has 5 rings (SSSR count). The first-order valence-electron chi connectivity index (χ1n) is 10.0. The van der Waals surface area contributed by atoms with Gasteiger partial charge in [0.05, 0.1) is 5.69 Å². The summed E-state index contributed by atoms with van der Waals surface area (Å²) in [5, 5.41) is 1.90. The van der Waals surface area contributed by atoms with E-state index in [1.165, 1.54) is 11.4 Å². The molecule has 148 valence electrons. The molecular weight excluding hydrogens is 400 g/mol. The maximum atomic E-state index is 6.15. The summed E-state index contributed by atoms with van der Waals surface area (Å²) in [4.78, 5) is 12.3. The zero-order chi connectivity index (χ0) is 20.0. The summed E-state index contributed by atoms with van der Waals surface area (Å²) in [7, 11) is 0. The third-order valence-electron chi connectivity index (χ3n) is 5.82. The Kier molecular flexibility index (Phi) is 4.88. The predicted octanol–water partition coefficient (Wildman–Crippen LogP) is 5.81. The minimum atomic E-state index is -0.00611. The summed E-state index contributed by atoms with van der Waals surface area (Å²) >= 11 is 8.02. The van der Waals surface area contributed by atoms with E-state index >= 15 is 0 Å². The van der Waals surface area contributed by atoms with Crippen molar-refractivity contribution < 1.29 is 0 Å². The lowest BCUT2D eigenvalue weighted by Gasteiger charge is -2.32. The maximum Gasteiger partial charge on any atom is 0.160 e. The molecule has 0 radical (unpaired) electrons. The predicted molar refractivity (Wildman–Crippen MR) is 121 cm³/mol. The summed E-state index contributed by atoms with van der Waals surface area (Å²) in [5.74, 6) is 1.10. The first-order chi connectivity index (χ1) is 14.2. The first-order valence-corrected chi connectivity index (χ1v) is 11.4. The van der Waals surface area contributed by atoms with E-state index in [4.69, 9.17) is 16.6 Å². The molecule has 0 saturated carbocycles. The highest BCUT2D eigenvalue weighted by Gasteiger charge is 2.46. The fraction of sp³-hybridized carbons (Fsp3) is 0.304. The lowest BCUT2D eigenvalue weighted by molar-refractivity contribution is 0.248. The number of pyridine rings is 1. The van der Waals surface area contributed by atoms with Crippen LogP contribution in [0.15, 0.2) is 65.8 Å². The van der Waals surface area contributed by atoms with Crippen LogP contribution in [0, 0.1) is 6.92 Å². The third kappa shape index (κ3) is 3.17. The second kappa shape index (κ2) is 7.54. The van der Waals surface area contributed by atoms with E-state index in [0.717, 1.165) is 33.7 Å². The van der Waals surface area contributed by atoms with E-state index in [1.807, 2.05) is 36.2 Å². The van der Waals surface area contributed by atoms with Crippen molar-refractivity contribution in [3.05, 3.63) is 82.9 Å². The number of benzene rings is 1. The maximum absolute atomic E-state index is 6.15. The number of rotatable bonds is 4. The number of hydrogen-bond acceptors (Lipinski definition) is 4. The van der Waals surface area contributed by atoms with Crippen LogP contribution >= 0.6 is 23.4 Å². The molecule has 2 aromatic heterocycles. The summed E-state index contributed by atoms with van der Waals surface area (Å²) in [5.41, 5.74) is 4.60. The van der Waals surface area contributed by atoms with Crippen LogP contribution in [0.3, 0.4) is 0 Å². The Morgan fingerprint density at radius 3 is 2.66 bits per heavy atom. The third-order valence-corrected chi connectivity index (χ3v) is 7.20. The van der Waals surface area contributed by atoms with Gasteiger partial charge in [-0.15, -0.1) is 0 Å². The molecule has 4 nitrogen and oxygen atoms in total.